The number of hydrogen-bond donors (Lipinski definition) is 2. The lowest BCUT2D eigenvalue weighted by molar-refractivity contribution is -0.114. The fraction of sp³-hybridized carbons (Fsp3) is 0.417. The van der Waals surface area contributed by atoms with Gasteiger partial charge in [0.2, 0.25) is 11.6 Å². The Hall–Kier alpha value is -3.09. The van der Waals surface area contributed by atoms with Gasteiger partial charge >= 0.3 is 0 Å². The number of hydrogen-bond acceptors (Lipinski definition) is 4. The summed E-state index contributed by atoms with van der Waals surface area (Å²) in [6.45, 7) is 2.14. The molecule has 0 spiro atoms. The summed E-state index contributed by atoms with van der Waals surface area (Å²) in [6.07, 6.45) is 9.92. The molecule has 31 heavy (non-hydrogen) atoms. The van der Waals surface area contributed by atoms with Gasteiger partial charge in [0.15, 0.2) is 0 Å². The van der Waals surface area contributed by atoms with Crippen LogP contribution in [0.2, 0.25) is 0 Å². The molecule has 3 aromatic rings. The zero-order valence-corrected chi connectivity index (χ0v) is 17.9. The number of carbonyl (C=O) groups excluding carboxylic acids is 2. The molecule has 3 rings (SSSR count). The molecule has 0 amide bonds. The number of carbonyl (C=O) groups is 2. The third-order valence-corrected chi connectivity index (χ3v) is 5.59. The molecule has 1 aromatic carbocycles. The van der Waals surface area contributed by atoms with Crippen LogP contribution in [-0.2, 0) is 17.6 Å². The Morgan fingerprint density at radius 3 is 2.65 bits per heavy atom. The van der Waals surface area contributed by atoms with E-state index < -0.39 is 11.6 Å². The van der Waals surface area contributed by atoms with Gasteiger partial charge in [-0.05, 0) is 54.9 Å². The summed E-state index contributed by atoms with van der Waals surface area (Å²) in [4.78, 5) is 31.7. The second-order valence-electron chi connectivity index (χ2n) is 7.84. The lowest BCUT2D eigenvalue weighted by Gasteiger charge is -2.17. The third kappa shape index (κ3) is 6.20. The number of Topliss-reactive ketones (excluding diaryl/α,β-unsaturated/α-hetero) is 2. The highest BCUT2D eigenvalue weighted by Gasteiger charge is 2.23. The molecule has 1 unspecified atom stereocenters. The molecule has 0 fully saturated rings. The quantitative estimate of drug-likeness (QED) is 0.231. The molecule has 0 aliphatic carbocycles. The SMILES string of the molecule is CCCC(CCCCCc1ccccc1F)c1[nH]ccc1CC(=O)C(=O)c1nc[nH]n1. The van der Waals surface area contributed by atoms with Crippen molar-refractivity contribution in [1.29, 1.82) is 0 Å². The van der Waals surface area contributed by atoms with E-state index in [-0.39, 0.29) is 18.1 Å². The summed E-state index contributed by atoms with van der Waals surface area (Å²) < 4.78 is 13.7. The number of aromatic nitrogens is 4. The van der Waals surface area contributed by atoms with Crippen LogP contribution in [0, 0.1) is 5.82 Å². The van der Waals surface area contributed by atoms with Crippen LogP contribution in [0.5, 0.6) is 0 Å². The van der Waals surface area contributed by atoms with Gasteiger partial charge in [-0.15, -0.1) is 5.10 Å². The van der Waals surface area contributed by atoms with E-state index in [0.29, 0.717) is 5.92 Å². The summed E-state index contributed by atoms with van der Waals surface area (Å²) in [6, 6.07) is 8.81. The van der Waals surface area contributed by atoms with Gasteiger partial charge in [-0.25, -0.2) is 9.37 Å². The van der Waals surface area contributed by atoms with Gasteiger partial charge < -0.3 is 4.98 Å². The molecule has 0 aliphatic heterocycles. The van der Waals surface area contributed by atoms with Gasteiger partial charge in [-0.2, -0.15) is 0 Å². The molecule has 0 saturated carbocycles. The van der Waals surface area contributed by atoms with E-state index in [1.807, 2.05) is 24.4 Å². The smallest absolute Gasteiger partial charge is 0.267 e. The van der Waals surface area contributed by atoms with Gasteiger partial charge in [0.1, 0.15) is 12.1 Å². The number of benzene rings is 1. The number of nitrogens with zero attached hydrogens (tertiary/aromatic N) is 2. The highest BCUT2D eigenvalue weighted by Crippen LogP contribution is 2.29. The second-order valence-corrected chi connectivity index (χ2v) is 7.84. The summed E-state index contributed by atoms with van der Waals surface area (Å²) in [5.74, 6) is -1.11. The van der Waals surface area contributed by atoms with Crippen molar-refractivity contribution in [3.8, 4) is 0 Å². The van der Waals surface area contributed by atoms with Crippen molar-refractivity contribution in [3.63, 3.8) is 0 Å². The molecule has 2 heterocycles. The minimum atomic E-state index is -0.673. The minimum absolute atomic E-state index is 0.0414. The van der Waals surface area contributed by atoms with Crippen molar-refractivity contribution in [2.24, 2.45) is 0 Å². The number of halogens is 1. The normalized spacial score (nSPS) is 12.1. The van der Waals surface area contributed by atoms with E-state index in [2.05, 4.69) is 27.1 Å². The van der Waals surface area contributed by atoms with Crippen molar-refractivity contribution < 1.29 is 14.0 Å². The fourth-order valence-corrected chi connectivity index (χ4v) is 4.01. The second kappa shape index (κ2) is 11.3. The van der Waals surface area contributed by atoms with Crippen molar-refractivity contribution in [2.45, 2.75) is 64.2 Å². The first-order valence-corrected chi connectivity index (χ1v) is 10.9. The average molecular weight is 425 g/mol. The van der Waals surface area contributed by atoms with Gasteiger partial charge in [0, 0.05) is 18.3 Å². The standard InChI is InChI=1S/C24H29FN4O2/c1-2-8-18(11-5-3-4-9-17-10-6-7-12-20(17)25)22-19(13-14-26-22)15-21(30)23(31)24-27-16-28-29-24/h6-7,10,12-14,16,18,26H,2-5,8-9,11,15H2,1H3,(H,27,28,29). The molecule has 2 N–H and O–H groups in total. The molecule has 164 valence electrons. The Morgan fingerprint density at radius 2 is 1.90 bits per heavy atom. The number of nitrogens with one attached hydrogen (secondary N) is 2. The van der Waals surface area contributed by atoms with Crippen LogP contribution in [-0.4, -0.2) is 31.7 Å². The highest BCUT2D eigenvalue weighted by atomic mass is 19.1. The zero-order valence-electron chi connectivity index (χ0n) is 17.9. The lowest BCUT2D eigenvalue weighted by Crippen LogP contribution is -2.19. The predicted octanol–water partition coefficient (Wildman–Crippen LogP) is 4.95. The zero-order chi connectivity index (χ0) is 22.1. The summed E-state index contributed by atoms with van der Waals surface area (Å²) in [5, 5.41) is 6.16. The van der Waals surface area contributed by atoms with E-state index in [1.54, 1.807) is 6.07 Å². The molecule has 1 atom stereocenters. The Morgan fingerprint density at radius 1 is 1.06 bits per heavy atom. The Balaban J connectivity index is 1.54. The number of aryl methyl sites for hydroxylation is 1. The van der Waals surface area contributed by atoms with Gasteiger partial charge in [-0.1, -0.05) is 44.4 Å². The van der Waals surface area contributed by atoms with Crippen LogP contribution in [0.15, 0.2) is 42.9 Å². The number of ketones is 2. The van der Waals surface area contributed by atoms with Crippen LogP contribution < -0.4 is 0 Å². The van der Waals surface area contributed by atoms with E-state index in [4.69, 9.17) is 0 Å². The number of H-pyrrole nitrogens is 2. The Labute approximate surface area is 181 Å². The van der Waals surface area contributed by atoms with Gasteiger partial charge in [-0.3, -0.25) is 14.7 Å². The molecular weight excluding hydrogens is 395 g/mol. The van der Waals surface area contributed by atoms with Crippen molar-refractivity contribution >= 4 is 11.6 Å². The van der Waals surface area contributed by atoms with E-state index >= 15 is 0 Å². The first-order valence-electron chi connectivity index (χ1n) is 10.9. The van der Waals surface area contributed by atoms with Gasteiger partial charge in [0.05, 0.1) is 0 Å². The van der Waals surface area contributed by atoms with Crippen LogP contribution in [0.1, 0.15) is 78.8 Å². The molecule has 0 bridgehead atoms. The predicted molar refractivity (Wildman–Crippen MR) is 116 cm³/mol. The largest absolute Gasteiger partial charge is 0.365 e. The topological polar surface area (TPSA) is 91.5 Å². The van der Waals surface area contributed by atoms with Crippen LogP contribution in [0.25, 0.3) is 0 Å². The summed E-state index contributed by atoms with van der Waals surface area (Å²) >= 11 is 0. The summed E-state index contributed by atoms with van der Waals surface area (Å²) in [5.41, 5.74) is 2.67. The Kier molecular flexibility index (Phi) is 8.27. The van der Waals surface area contributed by atoms with E-state index in [1.165, 1.54) is 12.4 Å². The molecule has 0 saturated heterocycles. The maximum atomic E-state index is 13.7. The maximum Gasteiger partial charge on any atom is 0.267 e. The Bertz CT molecular complexity index is 981. The number of unbranched alkanes of at least 4 members (excludes halogenated alkanes) is 2. The lowest BCUT2D eigenvalue weighted by atomic mass is 9.89. The number of aromatic amines is 2. The van der Waals surface area contributed by atoms with Crippen LogP contribution >= 0.6 is 0 Å². The minimum Gasteiger partial charge on any atom is -0.365 e. The van der Waals surface area contributed by atoms with Crippen molar-refractivity contribution in [1.82, 2.24) is 20.2 Å². The first-order chi connectivity index (χ1) is 15.1. The van der Waals surface area contributed by atoms with E-state index in [9.17, 15) is 14.0 Å². The van der Waals surface area contributed by atoms with Crippen LogP contribution in [0.3, 0.4) is 0 Å². The maximum absolute atomic E-state index is 13.7. The highest BCUT2D eigenvalue weighted by molar-refractivity contribution is 6.43. The summed E-state index contributed by atoms with van der Waals surface area (Å²) in [7, 11) is 0. The van der Waals surface area contributed by atoms with E-state index in [0.717, 1.165) is 61.8 Å². The monoisotopic (exact) mass is 424 g/mol. The molecule has 0 radical (unpaired) electrons. The molecule has 6 nitrogen and oxygen atoms in total. The third-order valence-electron chi connectivity index (χ3n) is 5.59. The molecule has 7 heteroatoms. The van der Waals surface area contributed by atoms with Crippen molar-refractivity contribution in [2.75, 3.05) is 0 Å². The average Bonchev–Trinajstić information content (AvgIpc) is 3.46. The molecule has 0 aliphatic rings. The van der Waals surface area contributed by atoms with Crippen molar-refractivity contribution in [3.05, 3.63) is 71.3 Å². The number of rotatable bonds is 13. The molecule has 2 aromatic heterocycles. The molecular formula is C24H29FN4O2. The fourth-order valence-electron chi connectivity index (χ4n) is 4.01. The van der Waals surface area contributed by atoms with Gasteiger partial charge in [0.25, 0.3) is 5.78 Å². The first kappa shape index (κ1) is 22.6. The van der Waals surface area contributed by atoms with Crippen LogP contribution in [0.4, 0.5) is 4.39 Å².